The first-order chi connectivity index (χ1) is 12.2. The van der Waals surface area contributed by atoms with Crippen LogP contribution in [0.4, 0.5) is 5.69 Å². The molecule has 1 fully saturated rings. The maximum Gasteiger partial charge on any atom is 0.228 e. The normalized spacial score (nSPS) is 14.2. The van der Waals surface area contributed by atoms with Crippen LogP contribution in [0.2, 0.25) is 5.02 Å². The molecular formula is C19H21ClN2O2S. The Labute approximate surface area is 157 Å². The topological polar surface area (TPSA) is 64.3 Å². The van der Waals surface area contributed by atoms with Crippen LogP contribution in [0.5, 0.6) is 0 Å². The van der Waals surface area contributed by atoms with E-state index in [0.717, 1.165) is 34.6 Å². The molecule has 1 amide bonds. The van der Waals surface area contributed by atoms with Crippen molar-refractivity contribution in [2.24, 2.45) is 5.14 Å². The highest BCUT2D eigenvalue weighted by Gasteiger charge is 2.18. The van der Waals surface area contributed by atoms with E-state index in [-0.39, 0.29) is 12.3 Å². The van der Waals surface area contributed by atoms with E-state index in [9.17, 15) is 4.79 Å². The van der Waals surface area contributed by atoms with Crippen LogP contribution in [0.3, 0.4) is 0 Å². The second-order valence-corrected chi connectivity index (χ2v) is 7.20. The van der Waals surface area contributed by atoms with Gasteiger partial charge in [-0.3, -0.25) is 9.93 Å². The summed E-state index contributed by atoms with van der Waals surface area (Å²) < 4.78 is 5.85. The molecule has 1 saturated carbocycles. The van der Waals surface area contributed by atoms with E-state index in [1.165, 1.54) is 18.4 Å². The molecule has 25 heavy (non-hydrogen) atoms. The summed E-state index contributed by atoms with van der Waals surface area (Å²) in [5.41, 5.74) is 2.57. The first-order valence-electron chi connectivity index (χ1n) is 8.30. The highest BCUT2D eigenvalue weighted by molar-refractivity contribution is 7.97. The van der Waals surface area contributed by atoms with Crippen molar-refractivity contribution in [2.75, 3.05) is 5.32 Å². The molecule has 0 unspecified atom stereocenters. The van der Waals surface area contributed by atoms with E-state index < -0.39 is 0 Å². The van der Waals surface area contributed by atoms with Crippen molar-refractivity contribution in [3.63, 3.8) is 0 Å². The summed E-state index contributed by atoms with van der Waals surface area (Å²) in [4.78, 5) is 13.2. The SMILES string of the molecule is NSc1cc(NC(=O)Cc2ccccc2Cl)ccc1COC1CCC1. The number of hydrogen-bond donors (Lipinski definition) is 2. The zero-order valence-corrected chi connectivity index (χ0v) is 15.4. The molecule has 3 N–H and O–H groups in total. The Morgan fingerprint density at radius 2 is 2.04 bits per heavy atom. The van der Waals surface area contributed by atoms with Gasteiger partial charge in [-0.2, -0.15) is 0 Å². The predicted molar refractivity (Wildman–Crippen MR) is 103 cm³/mol. The second-order valence-electron chi connectivity index (χ2n) is 6.12. The lowest BCUT2D eigenvalue weighted by molar-refractivity contribution is -0.115. The number of hydrogen-bond acceptors (Lipinski definition) is 4. The third-order valence-electron chi connectivity index (χ3n) is 4.31. The maximum absolute atomic E-state index is 12.2. The Morgan fingerprint density at radius 3 is 2.72 bits per heavy atom. The van der Waals surface area contributed by atoms with Gasteiger partial charge in [-0.15, -0.1) is 0 Å². The number of rotatable bonds is 7. The standard InChI is InChI=1S/C19H21ClN2O2S/c20-17-7-2-1-4-13(17)10-19(23)22-15-9-8-14(18(11-15)25-21)12-24-16-5-3-6-16/h1-2,4,7-9,11,16H,3,5-6,10,12,21H2,(H,22,23). The van der Waals surface area contributed by atoms with Gasteiger partial charge in [0.1, 0.15) is 0 Å². The Morgan fingerprint density at radius 1 is 1.24 bits per heavy atom. The molecular weight excluding hydrogens is 356 g/mol. The van der Waals surface area contributed by atoms with Crippen molar-refractivity contribution in [2.45, 2.75) is 43.3 Å². The molecule has 3 rings (SSSR count). The largest absolute Gasteiger partial charge is 0.374 e. The quantitative estimate of drug-likeness (QED) is 0.695. The van der Waals surface area contributed by atoms with E-state index in [1.807, 2.05) is 36.4 Å². The average Bonchev–Trinajstić information content (AvgIpc) is 2.56. The van der Waals surface area contributed by atoms with Crippen LogP contribution in [0.25, 0.3) is 0 Å². The number of anilines is 1. The number of nitrogens with two attached hydrogens (primary N) is 1. The Balaban J connectivity index is 1.61. The van der Waals surface area contributed by atoms with E-state index in [4.69, 9.17) is 21.5 Å². The molecule has 1 aliphatic rings. The third-order valence-corrected chi connectivity index (χ3v) is 5.32. The van der Waals surface area contributed by atoms with Crippen molar-refractivity contribution < 1.29 is 9.53 Å². The fourth-order valence-corrected chi connectivity index (χ4v) is 3.30. The smallest absolute Gasteiger partial charge is 0.228 e. The number of carbonyl (C=O) groups is 1. The molecule has 2 aromatic carbocycles. The molecule has 6 heteroatoms. The minimum absolute atomic E-state index is 0.112. The summed E-state index contributed by atoms with van der Waals surface area (Å²) in [6.07, 6.45) is 4.14. The molecule has 0 bridgehead atoms. The molecule has 2 aromatic rings. The van der Waals surface area contributed by atoms with Crippen LogP contribution in [0.1, 0.15) is 30.4 Å². The Kier molecular flexibility index (Phi) is 6.37. The number of halogens is 1. The van der Waals surface area contributed by atoms with Crippen LogP contribution >= 0.6 is 23.5 Å². The first kappa shape index (κ1) is 18.3. The van der Waals surface area contributed by atoms with Gasteiger partial charge in [0, 0.05) is 15.6 Å². The molecule has 0 aliphatic heterocycles. The Hall–Kier alpha value is -1.53. The summed E-state index contributed by atoms with van der Waals surface area (Å²) >= 11 is 7.27. The van der Waals surface area contributed by atoms with Crippen molar-refractivity contribution in [3.05, 3.63) is 58.6 Å². The van der Waals surface area contributed by atoms with Crippen molar-refractivity contribution in [1.82, 2.24) is 0 Å². The third kappa shape index (κ3) is 4.98. The van der Waals surface area contributed by atoms with Gasteiger partial charge in [0.25, 0.3) is 0 Å². The zero-order chi connectivity index (χ0) is 17.6. The summed E-state index contributed by atoms with van der Waals surface area (Å²) in [6.45, 7) is 0.554. The summed E-state index contributed by atoms with van der Waals surface area (Å²) in [7, 11) is 0. The van der Waals surface area contributed by atoms with Gasteiger partial charge in [-0.1, -0.05) is 35.9 Å². The predicted octanol–water partition coefficient (Wildman–Crippen LogP) is 4.56. The monoisotopic (exact) mass is 376 g/mol. The molecule has 0 saturated heterocycles. The van der Waals surface area contributed by atoms with Crippen LogP contribution in [0.15, 0.2) is 47.4 Å². The van der Waals surface area contributed by atoms with Crippen LogP contribution in [0, 0.1) is 0 Å². The summed E-state index contributed by atoms with van der Waals surface area (Å²) in [6, 6.07) is 13.1. The van der Waals surface area contributed by atoms with E-state index in [2.05, 4.69) is 5.32 Å². The zero-order valence-electron chi connectivity index (χ0n) is 13.8. The lowest BCUT2D eigenvalue weighted by Gasteiger charge is -2.26. The molecule has 0 spiro atoms. The molecule has 1 aliphatic carbocycles. The Bertz CT molecular complexity index is 750. The summed E-state index contributed by atoms with van der Waals surface area (Å²) in [5, 5.41) is 9.27. The van der Waals surface area contributed by atoms with Gasteiger partial charge in [0.2, 0.25) is 5.91 Å². The van der Waals surface area contributed by atoms with Gasteiger partial charge in [-0.05, 0) is 60.5 Å². The van der Waals surface area contributed by atoms with Crippen LogP contribution in [-0.2, 0) is 22.6 Å². The fraction of sp³-hybridized carbons (Fsp3) is 0.316. The number of amides is 1. The second kappa shape index (κ2) is 8.72. The lowest BCUT2D eigenvalue weighted by atomic mass is 9.96. The van der Waals surface area contributed by atoms with Gasteiger partial charge < -0.3 is 10.1 Å². The van der Waals surface area contributed by atoms with Crippen molar-refractivity contribution in [3.8, 4) is 0 Å². The van der Waals surface area contributed by atoms with Gasteiger partial charge >= 0.3 is 0 Å². The first-order valence-corrected chi connectivity index (χ1v) is 9.56. The van der Waals surface area contributed by atoms with Gasteiger partial charge in [0.15, 0.2) is 0 Å². The number of carbonyl (C=O) groups excluding carboxylic acids is 1. The van der Waals surface area contributed by atoms with E-state index in [0.29, 0.717) is 17.7 Å². The number of benzene rings is 2. The van der Waals surface area contributed by atoms with E-state index >= 15 is 0 Å². The minimum atomic E-state index is -0.112. The van der Waals surface area contributed by atoms with Crippen LogP contribution in [-0.4, -0.2) is 12.0 Å². The highest BCUT2D eigenvalue weighted by atomic mass is 35.5. The lowest BCUT2D eigenvalue weighted by Crippen LogP contribution is -2.21. The molecule has 4 nitrogen and oxygen atoms in total. The van der Waals surface area contributed by atoms with Crippen molar-refractivity contribution in [1.29, 1.82) is 0 Å². The molecule has 132 valence electrons. The fourth-order valence-electron chi connectivity index (χ4n) is 2.63. The number of ether oxygens (including phenoxy) is 1. The maximum atomic E-state index is 12.2. The molecule has 0 aromatic heterocycles. The van der Waals surface area contributed by atoms with E-state index in [1.54, 1.807) is 6.07 Å². The van der Waals surface area contributed by atoms with Gasteiger partial charge in [0.05, 0.1) is 19.1 Å². The molecule has 0 atom stereocenters. The molecule has 0 radical (unpaired) electrons. The molecule has 0 heterocycles. The van der Waals surface area contributed by atoms with Gasteiger partial charge in [-0.25, -0.2) is 0 Å². The minimum Gasteiger partial charge on any atom is -0.374 e. The highest BCUT2D eigenvalue weighted by Crippen LogP contribution is 2.27. The average molecular weight is 377 g/mol. The summed E-state index contributed by atoms with van der Waals surface area (Å²) in [5.74, 6) is -0.112. The van der Waals surface area contributed by atoms with Crippen LogP contribution < -0.4 is 10.5 Å². The van der Waals surface area contributed by atoms with Crippen molar-refractivity contribution >= 4 is 35.1 Å². The number of nitrogens with one attached hydrogen (secondary N) is 1.